The van der Waals surface area contributed by atoms with E-state index >= 15 is 0 Å². The van der Waals surface area contributed by atoms with Gasteiger partial charge in [0.25, 0.3) is 0 Å². The van der Waals surface area contributed by atoms with Crippen molar-refractivity contribution in [3.63, 3.8) is 0 Å². The Kier molecular flexibility index (Phi) is 6.68. The molecule has 33 heavy (non-hydrogen) atoms. The normalized spacial score (nSPS) is 11.6. The first-order valence-corrected chi connectivity index (χ1v) is 12.5. The van der Waals surface area contributed by atoms with Crippen molar-refractivity contribution in [3.05, 3.63) is 83.1 Å². The molecule has 6 nitrogen and oxygen atoms in total. The highest BCUT2D eigenvalue weighted by molar-refractivity contribution is 7.91. The summed E-state index contributed by atoms with van der Waals surface area (Å²) in [4.78, 5) is 22.8. The van der Waals surface area contributed by atoms with Crippen LogP contribution in [0.4, 0.5) is 13.9 Å². The highest BCUT2D eigenvalue weighted by atomic mass is 35.5. The first-order valence-electron chi connectivity index (χ1n) is 9.67. The first kappa shape index (κ1) is 23.2. The highest BCUT2D eigenvalue weighted by Gasteiger charge is 2.24. The molecule has 0 spiro atoms. The number of amides is 1. The summed E-state index contributed by atoms with van der Waals surface area (Å²) in [6.45, 7) is -0.00934. The van der Waals surface area contributed by atoms with Crippen molar-refractivity contribution < 1.29 is 22.0 Å². The third-order valence-electron chi connectivity index (χ3n) is 4.74. The average Bonchev–Trinajstić information content (AvgIpc) is 3.21. The van der Waals surface area contributed by atoms with Crippen LogP contribution in [0.15, 0.2) is 65.7 Å². The van der Waals surface area contributed by atoms with Gasteiger partial charge in [-0.1, -0.05) is 29.0 Å². The molecule has 0 aliphatic rings. The number of anilines is 1. The van der Waals surface area contributed by atoms with E-state index in [2.05, 4.69) is 9.97 Å². The Morgan fingerprint density at radius 1 is 1.09 bits per heavy atom. The molecule has 11 heteroatoms. The van der Waals surface area contributed by atoms with E-state index in [9.17, 15) is 22.0 Å². The fourth-order valence-corrected chi connectivity index (χ4v) is 5.47. The first-order chi connectivity index (χ1) is 15.7. The van der Waals surface area contributed by atoms with Gasteiger partial charge in [-0.25, -0.2) is 22.2 Å². The Morgan fingerprint density at radius 3 is 2.55 bits per heavy atom. The lowest BCUT2D eigenvalue weighted by Gasteiger charge is -2.19. The Morgan fingerprint density at radius 2 is 1.85 bits per heavy atom. The molecule has 1 amide bonds. The predicted molar refractivity (Wildman–Crippen MR) is 123 cm³/mol. The van der Waals surface area contributed by atoms with Gasteiger partial charge >= 0.3 is 0 Å². The number of pyridine rings is 1. The second-order valence-electron chi connectivity index (χ2n) is 7.05. The Bertz CT molecular complexity index is 1410. The molecule has 0 fully saturated rings. The minimum absolute atomic E-state index is 0.00934. The van der Waals surface area contributed by atoms with Crippen molar-refractivity contribution in [1.82, 2.24) is 9.97 Å². The number of hydrogen-bond donors (Lipinski definition) is 0. The van der Waals surface area contributed by atoms with Crippen LogP contribution in [0, 0.1) is 11.6 Å². The summed E-state index contributed by atoms with van der Waals surface area (Å²) in [5.41, 5.74) is 0.460. The smallest absolute Gasteiger partial charge is 0.230 e. The maximum absolute atomic E-state index is 14.2. The van der Waals surface area contributed by atoms with Crippen molar-refractivity contribution in [2.24, 2.45) is 0 Å². The lowest BCUT2D eigenvalue weighted by molar-refractivity contribution is -0.118. The number of carbonyl (C=O) groups excluding carboxylic acids is 1. The number of hydrogen-bond acceptors (Lipinski definition) is 6. The van der Waals surface area contributed by atoms with Gasteiger partial charge in [-0.3, -0.25) is 14.7 Å². The molecule has 0 atom stereocenters. The molecule has 0 bridgehead atoms. The van der Waals surface area contributed by atoms with Gasteiger partial charge in [0.15, 0.2) is 20.8 Å². The van der Waals surface area contributed by atoms with Gasteiger partial charge < -0.3 is 0 Å². The van der Waals surface area contributed by atoms with Crippen LogP contribution in [0.2, 0.25) is 5.02 Å². The zero-order chi connectivity index (χ0) is 23.6. The summed E-state index contributed by atoms with van der Waals surface area (Å²) >= 11 is 6.75. The number of thiazole rings is 1. The molecule has 4 aromatic rings. The minimum Gasteiger partial charge on any atom is -0.282 e. The molecule has 0 aliphatic heterocycles. The van der Waals surface area contributed by atoms with Crippen LogP contribution >= 0.6 is 22.9 Å². The lowest BCUT2D eigenvalue weighted by Crippen LogP contribution is -2.32. The summed E-state index contributed by atoms with van der Waals surface area (Å²) in [6.07, 6.45) is 1.21. The minimum atomic E-state index is -3.75. The third kappa shape index (κ3) is 5.35. The number of rotatable bonds is 7. The van der Waals surface area contributed by atoms with Crippen LogP contribution in [-0.4, -0.2) is 30.0 Å². The number of nitrogens with zero attached hydrogens (tertiary/aromatic N) is 3. The summed E-state index contributed by atoms with van der Waals surface area (Å²) in [7, 11) is -3.75. The fourth-order valence-electron chi connectivity index (χ4n) is 3.09. The molecule has 4 rings (SSSR count). The van der Waals surface area contributed by atoms with Gasteiger partial charge in [0.05, 0.1) is 27.6 Å². The van der Waals surface area contributed by atoms with Crippen LogP contribution in [0.3, 0.4) is 0 Å². The number of sulfone groups is 1. The van der Waals surface area contributed by atoms with E-state index < -0.39 is 33.1 Å². The maximum Gasteiger partial charge on any atom is 0.230 e. The third-order valence-corrected chi connectivity index (χ3v) is 7.75. The van der Waals surface area contributed by atoms with E-state index in [0.717, 1.165) is 23.5 Å². The summed E-state index contributed by atoms with van der Waals surface area (Å²) in [5, 5.41) is 0.514. The highest BCUT2D eigenvalue weighted by Crippen LogP contribution is 2.32. The summed E-state index contributed by atoms with van der Waals surface area (Å²) in [6, 6.07) is 12.7. The number of fused-ring (bicyclic) bond motifs is 1. The van der Waals surface area contributed by atoms with E-state index in [1.165, 1.54) is 29.2 Å². The number of benzene rings is 2. The second-order valence-corrected chi connectivity index (χ2v) is 10.6. The number of carbonyl (C=O) groups is 1. The van der Waals surface area contributed by atoms with Crippen molar-refractivity contribution >= 4 is 54.0 Å². The van der Waals surface area contributed by atoms with Gasteiger partial charge in [0.1, 0.15) is 11.3 Å². The molecule has 2 aromatic heterocycles. The second kappa shape index (κ2) is 9.50. The number of halogens is 3. The standard InChI is InChI=1S/C22H16ClF2N3O3S2/c23-14-4-6-17(7-5-14)33(30,31)10-8-20(29)28(13-16-3-1-2-9-26-16)22-27-21-18(25)11-15(24)12-19(21)32-22/h1-7,9,11-12H,8,10,13H2. The average molecular weight is 508 g/mol. The van der Waals surface area contributed by atoms with Crippen LogP contribution < -0.4 is 4.90 Å². The molecule has 2 aromatic carbocycles. The Hall–Kier alpha value is -2.95. The van der Waals surface area contributed by atoms with Crippen molar-refractivity contribution in [3.8, 4) is 0 Å². The predicted octanol–water partition coefficient (Wildman–Crippen LogP) is 5.02. The lowest BCUT2D eigenvalue weighted by atomic mass is 10.3. The van der Waals surface area contributed by atoms with Gasteiger partial charge in [-0.05, 0) is 42.5 Å². The molecule has 0 saturated carbocycles. The Balaban J connectivity index is 1.62. The van der Waals surface area contributed by atoms with Crippen LogP contribution in [0.5, 0.6) is 0 Å². The SMILES string of the molecule is O=C(CCS(=O)(=O)c1ccc(Cl)cc1)N(Cc1ccccn1)c1nc2c(F)cc(F)cc2s1. The van der Waals surface area contributed by atoms with Crippen molar-refractivity contribution in [2.75, 3.05) is 10.7 Å². The molecule has 170 valence electrons. The molecule has 0 unspecified atom stereocenters. The molecular weight excluding hydrogens is 492 g/mol. The van der Waals surface area contributed by atoms with E-state index in [0.29, 0.717) is 10.7 Å². The molecular formula is C22H16ClF2N3O3S2. The van der Waals surface area contributed by atoms with E-state index in [1.807, 2.05) is 0 Å². The maximum atomic E-state index is 14.2. The monoisotopic (exact) mass is 507 g/mol. The summed E-state index contributed by atoms with van der Waals surface area (Å²) in [5.74, 6) is -2.59. The molecule has 0 saturated heterocycles. The number of aromatic nitrogens is 2. The van der Waals surface area contributed by atoms with Crippen molar-refractivity contribution in [1.29, 1.82) is 0 Å². The van der Waals surface area contributed by atoms with Crippen LogP contribution in [0.25, 0.3) is 10.2 Å². The zero-order valence-corrected chi connectivity index (χ0v) is 19.3. The largest absolute Gasteiger partial charge is 0.282 e. The van der Waals surface area contributed by atoms with E-state index in [4.69, 9.17) is 11.6 Å². The zero-order valence-electron chi connectivity index (χ0n) is 16.9. The van der Waals surface area contributed by atoms with Gasteiger partial charge in [0.2, 0.25) is 5.91 Å². The molecule has 2 heterocycles. The van der Waals surface area contributed by atoms with Gasteiger partial charge in [-0.2, -0.15) is 0 Å². The van der Waals surface area contributed by atoms with Gasteiger partial charge in [-0.15, -0.1) is 0 Å². The van der Waals surface area contributed by atoms with E-state index in [-0.39, 0.29) is 33.2 Å². The molecule has 0 radical (unpaired) electrons. The Labute approximate surface area is 197 Å². The van der Waals surface area contributed by atoms with E-state index in [1.54, 1.807) is 24.4 Å². The topological polar surface area (TPSA) is 80.2 Å². The van der Waals surface area contributed by atoms with Crippen LogP contribution in [0.1, 0.15) is 12.1 Å². The van der Waals surface area contributed by atoms with Crippen LogP contribution in [-0.2, 0) is 21.2 Å². The fraction of sp³-hybridized carbons (Fsp3) is 0.136. The quantitative estimate of drug-likeness (QED) is 0.351. The summed E-state index contributed by atoms with van der Waals surface area (Å²) < 4.78 is 53.3. The molecule has 0 aliphatic carbocycles. The van der Waals surface area contributed by atoms with Gasteiger partial charge in [0, 0.05) is 23.7 Å². The molecule has 0 N–H and O–H groups in total. The van der Waals surface area contributed by atoms with Crippen molar-refractivity contribution in [2.45, 2.75) is 17.9 Å².